The maximum absolute atomic E-state index is 12.2. The highest BCUT2D eigenvalue weighted by atomic mass is 16.6. The summed E-state index contributed by atoms with van der Waals surface area (Å²) < 4.78 is 31.8. The molecule has 0 aliphatic carbocycles. The number of hydrogen-bond acceptors (Lipinski definition) is 9. The van der Waals surface area contributed by atoms with Crippen molar-refractivity contribution in [1.82, 2.24) is 10.1 Å². The first-order valence-corrected chi connectivity index (χ1v) is 9.79. The third kappa shape index (κ3) is 5.37. The SMILES string of the molecule is CCOc1ccccc1-c1noc(COC(=O)/C=C/c2cc(OC)c(OC)cc2OC)n1. The van der Waals surface area contributed by atoms with E-state index in [0.717, 1.165) is 0 Å². The standard InChI is InChI=1S/C23H24N2O7/c1-5-30-17-9-7-6-8-16(17)23-24-21(32-25-23)14-31-22(26)11-10-15-12-19(28-3)20(29-4)13-18(15)27-2/h6-13H,5,14H2,1-4H3/b11-10+. The lowest BCUT2D eigenvalue weighted by Crippen LogP contribution is -2.01. The van der Waals surface area contributed by atoms with Crippen molar-refractivity contribution in [2.45, 2.75) is 13.5 Å². The topological polar surface area (TPSA) is 102 Å². The van der Waals surface area contributed by atoms with E-state index in [9.17, 15) is 4.79 Å². The van der Waals surface area contributed by atoms with Crippen molar-refractivity contribution in [3.05, 3.63) is 53.9 Å². The van der Waals surface area contributed by atoms with Gasteiger partial charge in [0.05, 0.1) is 33.5 Å². The van der Waals surface area contributed by atoms with Crippen LogP contribution in [0.25, 0.3) is 17.5 Å². The molecule has 0 unspecified atom stereocenters. The summed E-state index contributed by atoms with van der Waals surface area (Å²) in [6.07, 6.45) is 2.83. The lowest BCUT2D eigenvalue weighted by molar-refractivity contribution is -0.139. The van der Waals surface area contributed by atoms with Gasteiger partial charge in [0, 0.05) is 17.7 Å². The monoisotopic (exact) mass is 440 g/mol. The van der Waals surface area contributed by atoms with E-state index in [1.54, 1.807) is 18.2 Å². The molecule has 1 aromatic heterocycles. The van der Waals surface area contributed by atoms with E-state index in [1.165, 1.54) is 27.4 Å². The number of methoxy groups -OCH3 is 3. The predicted molar refractivity (Wildman–Crippen MR) is 116 cm³/mol. The van der Waals surface area contributed by atoms with Crippen LogP contribution in [-0.4, -0.2) is 44.0 Å². The number of carbonyl (C=O) groups excluding carboxylic acids is 1. The smallest absolute Gasteiger partial charge is 0.331 e. The second-order valence-electron chi connectivity index (χ2n) is 6.33. The maximum Gasteiger partial charge on any atom is 0.331 e. The molecule has 3 rings (SSSR count). The van der Waals surface area contributed by atoms with Crippen LogP contribution in [0.3, 0.4) is 0 Å². The summed E-state index contributed by atoms with van der Waals surface area (Å²) in [5.41, 5.74) is 1.31. The second-order valence-corrected chi connectivity index (χ2v) is 6.33. The number of aromatic nitrogens is 2. The Kier molecular flexibility index (Phi) is 7.69. The summed E-state index contributed by atoms with van der Waals surface area (Å²) in [5, 5.41) is 3.94. The lowest BCUT2D eigenvalue weighted by atomic mass is 10.1. The molecule has 0 aliphatic heterocycles. The van der Waals surface area contributed by atoms with Crippen LogP contribution in [0, 0.1) is 0 Å². The van der Waals surface area contributed by atoms with Gasteiger partial charge in [-0.2, -0.15) is 4.98 Å². The summed E-state index contributed by atoms with van der Waals surface area (Å²) in [4.78, 5) is 16.4. The molecule has 0 N–H and O–H groups in total. The number of para-hydroxylation sites is 1. The molecule has 0 spiro atoms. The first-order valence-electron chi connectivity index (χ1n) is 9.79. The highest BCUT2D eigenvalue weighted by Gasteiger charge is 2.14. The van der Waals surface area contributed by atoms with Gasteiger partial charge in [-0.3, -0.25) is 0 Å². The predicted octanol–water partition coefficient (Wildman–Crippen LogP) is 3.92. The molecule has 32 heavy (non-hydrogen) atoms. The molecule has 0 aliphatic rings. The van der Waals surface area contributed by atoms with E-state index in [1.807, 2.05) is 31.2 Å². The number of benzene rings is 2. The number of ether oxygens (including phenoxy) is 5. The van der Waals surface area contributed by atoms with Crippen LogP contribution in [0.2, 0.25) is 0 Å². The number of carbonyl (C=O) groups is 1. The third-order valence-electron chi connectivity index (χ3n) is 4.37. The Morgan fingerprint density at radius 2 is 1.72 bits per heavy atom. The van der Waals surface area contributed by atoms with Gasteiger partial charge in [0.15, 0.2) is 18.1 Å². The molecule has 0 amide bonds. The molecular formula is C23H24N2O7. The van der Waals surface area contributed by atoms with Crippen LogP contribution in [0.15, 0.2) is 47.0 Å². The minimum absolute atomic E-state index is 0.164. The largest absolute Gasteiger partial charge is 0.496 e. The molecule has 9 nitrogen and oxygen atoms in total. The Labute approximate surface area is 185 Å². The quantitative estimate of drug-likeness (QED) is 0.343. The summed E-state index contributed by atoms with van der Waals surface area (Å²) in [7, 11) is 4.58. The molecular weight excluding hydrogens is 416 g/mol. The number of rotatable bonds is 10. The zero-order valence-corrected chi connectivity index (χ0v) is 18.3. The van der Waals surface area contributed by atoms with Gasteiger partial charge in [-0.1, -0.05) is 17.3 Å². The van der Waals surface area contributed by atoms with Crippen LogP contribution in [0.4, 0.5) is 0 Å². The third-order valence-corrected chi connectivity index (χ3v) is 4.37. The summed E-state index contributed by atoms with van der Waals surface area (Å²) in [5.74, 6) is 2.11. The van der Waals surface area contributed by atoms with E-state index in [0.29, 0.717) is 46.6 Å². The zero-order chi connectivity index (χ0) is 22.9. The van der Waals surface area contributed by atoms with E-state index >= 15 is 0 Å². The number of nitrogens with zero attached hydrogens (tertiary/aromatic N) is 2. The fraction of sp³-hybridized carbons (Fsp3) is 0.261. The molecule has 168 valence electrons. The van der Waals surface area contributed by atoms with Gasteiger partial charge >= 0.3 is 5.97 Å². The van der Waals surface area contributed by atoms with E-state index < -0.39 is 5.97 Å². The van der Waals surface area contributed by atoms with Crippen molar-refractivity contribution in [1.29, 1.82) is 0 Å². The van der Waals surface area contributed by atoms with Crippen molar-refractivity contribution < 1.29 is 33.0 Å². The number of esters is 1. The van der Waals surface area contributed by atoms with Crippen LogP contribution in [-0.2, 0) is 16.1 Å². The summed E-state index contributed by atoms with van der Waals surface area (Å²) in [6, 6.07) is 10.7. The van der Waals surface area contributed by atoms with Crippen molar-refractivity contribution >= 4 is 12.0 Å². The van der Waals surface area contributed by atoms with Crippen molar-refractivity contribution in [3.63, 3.8) is 0 Å². The average Bonchev–Trinajstić information content (AvgIpc) is 3.30. The minimum Gasteiger partial charge on any atom is -0.496 e. The molecule has 0 saturated carbocycles. The second kappa shape index (κ2) is 10.9. The highest BCUT2D eigenvalue weighted by molar-refractivity contribution is 5.87. The van der Waals surface area contributed by atoms with Gasteiger partial charge in [-0.15, -0.1) is 0 Å². The zero-order valence-electron chi connectivity index (χ0n) is 18.3. The molecule has 0 saturated heterocycles. The van der Waals surface area contributed by atoms with Gasteiger partial charge in [0.25, 0.3) is 5.89 Å². The Bertz CT molecular complexity index is 1090. The van der Waals surface area contributed by atoms with Crippen LogP contribution in [0.5, 0.6) is 23.0 Å². The minimum atomic E-state index is -0.587. The van der Waals surface area contributed by atoms with Crippen molar-refractivity contribution in [2.24, 2.45) is 0 Å². The first-order chi connectivity index (χ1) is 15.6. The van der Waals surface area contributed by atoms with E-state index in [-0.39, 0.29) is 12.5 Å². The fourth-order valence-electron chi connectivity index (χ4n) is 2.88. The van der Waals surface area contributed by atoms with Gasteiger partial charge < -0.3 is 28.2 Å². The average molecular weight is 440 g/mol. The molecule has 2 aromatic carbocycles. The lowest BCUT2D eigenvalue weighted by Gasteiger charge is -2.12. The molecule has 0 bridgehead atoms. The Morgan fingerprint density at radius 1 is 1.00 bits per heavy atom. The van der Waals surface area contributed by atoms with E-state index in [4.69, 9.17) is 28.2 Å². The van der Waals surface area contributed by atoms with E-state index in [2.05, 4.69) is 10.1 Å². The normalized spacial score (nSPS) is 10.8. The van der Waals surface area contributed by atoms with Gasteiger partial charge in [-0.25, -0.2) is 4.79 Å². The summed E-state index contributed by atoms with van der Waals surface area (Å²) >= 11 is 0. The van der Waals surface area contributed by atoms with Gasteiger partial charge in [0.1, 0.15) is 11.5 Å². The van der Waals surface area contributed by atoms with Crippen molar-refractivity contribution in [2.75, 3.05) is 27.9 Å². The molecule has 3 aromatic rings. The first kappa shape index (κ1) is 22.7. The van der Waals surface area contributed by atoms with Crippen LogP contribution in [0.1, 0.15) is 18.4 Å². The van der Waals surface area contributed by atoms with Gasteiger partial charge in [0.2, 0.25) is 5.82 Å². The number of hydrogen-bond donors (Lipinski definition) is 0. The van der Waals surface area contributed by atoms with Crippen molar-refractivity contribution in [3.8, 4) is 34.4 Å². The van der Waals surface area contributed by atoms with Crippen LogP contribution >= 0.6 is 0 Å². The Morgan fingerprint density at radius 3 is 2.44 bits per heavy atom. The molecule has 0 atom stereocenters. The molecule has 0 radical (unpaired) electrons. The Balaban J connectivity index is 1.66. The maximum atomic E-state index is 12.2. The fourth-order valence-corrected chi connectivity index (χ4v) is 2.88. The molecule has 1 heterocycles. The highest BCUT2D eigenvalue weighted by Crippen LogP contribution is 2.35. The van der Waals surface area contributed by atoms with Crippen LogP contribution < -0.4 is 18.9 Å². The molecule has 9 heteroatoms. The molecule has 0 fully saturated rings. The Hall–Kier alpha value is -4.01. The van der Waals surface area contributed by atoms with Gasteiger partial charge in [-0.05, 0) is 31.2 Å². The summed E-state index contributed by atoms with van der Waals surface area (Å²) in [6.45, 7) is 2.23.